The summed E-state index contributed by atoms with van der Waals surface area (Å²) in [6, 6.07) is 6.42. The molecule has 0 atom stereocenters. The molecule has 1 aromatic carbocycles. The van der Waals surface area contributed by atoms with E-state index < -0.39 is 16.4 Å². The molecule has 1 fully saturated rings. The van der Waals surface area contributed by atoms with Crippen LogP contribution in [0.3, 0.4) is 0 Å². The van der Waals surface area contributed by atoms with Gasteiger partial charge in [0.05, 0.1) is 17.5 Å². The fourth-order valence-corrected chi connectivity index (χ4v) is 2.71. The maximum absolute atomic E-state index is 13.6. The maximum atomic E-state index is 13.6. The summed E-state index contributed by atoms with van der Waals surface area (Å²) in [7, 11) is 0. The van der Waals surface area contributed by atoms with Crippen molar-refractivity contribution < 1.29 is 9.31 Å². The molecule has 0 amide bonds. The molecule has 0 unspecified atom stereocenters. The molecule has 0 N–H and O–H groups in total. The Morgan fingerprint density at radius 3 is 2.70 bits per heavy atom. The topological polar surface area (TPSA) is 70.2 Å². The summed E-state index contributed by atoms with van der Waals surface area (Å²) in [6.07, 6.45) is 4.41. The van der Waals surface area contributed by atoms with Gasteiger partial charge in [-0.1, -0.05) is 18.9 Å². The molecule has 0 heterocycles. The van der Waals surface area contributed by atoms with E-state index in [2.05, 4.69) is 6.07 Å². The third-order valence-corrected chi connectivity index (χ3v) is 3.71. The molecule has 2 rings (SSSR count). The van der Waals surface area contributed by atoms with Crippen LogP contribution in [0.1, 0.15) is 31.2 Å². The SMILES string of the molecule is N#CCN(Cc1ccc([N+](=O)[O-])c(F)c1)C1CCCC1. The summed E-state index contributed by atoms with van der Waals surface area (Å²) in [5, 5.41) is 19.5. The molecular weight excluding hydrogens is 261 g/mol. The van der Waals surface area contributed by atoms with Gasteiger partial charge in [0.15, 0.2) is 0 Å². The summed E-state index contributed by atoms with van der Waals surface area (Å²) >= 11 is 0. The van der Waals surface area contributed by atoms with E-state index >= 15 is 0 Å². The number of hydrogen-bond acceptors (Lipinski definition) is 4. The van der Waals surface area contributed by atoms with E-state index in [1.165, 1.54) is 12.1 Å². The Bertz CT molecular complexity index is 536. The zero-order chi connectivity index (χ0) is 14.5. The summed E-state index contributed by atoms with van der Waals surface area (Å²) in [5.74, 6) is -0.823. The van der Waals surface area contributed by atoms with Gasteiger partial charge in [-0.05, 0) is 24.5 Å². The summed E-state index contributed by atoms with van der Waals surface area (Å²) in [6.45, 7) is 0.746. The van der Waals surface area contributed by atoms with Crippen LogP contribution in [0, 0.1) is 27.3 Å². The molecule has 106 valence electrons. The van der Waals surface area contributed by atoms with Crippen LogP contribution in [0.5, 0.6) is 0 Å². The molecular formula is C14H16FN3O2. The average molecular weight is 277 g/mol. The highest BCUT2D eigenvalue weighted by Gasteiger charge is 2.23. The van der Waals surface area contributed by atoms with Crippen LogP contribution < -0.4 is 0 Å². The second-order valence-corrected chi connectivity index (χ2v) is 5.04. The summed E-state index contributed by atoms with van der Waals surface area (Å²) in [5.41, 5.74) is 0.150. The molecule has 20 heavy (non-hydrogen) atoms. The minimum atomic E-state index is -0.823. The Hall–Kier alpha value is -2.00. The van der Waals surface area contributed by atoms with Crippen LogP contribution in [0.4, 0.5) is 10.1 Å². The van der Waals surface area contributed by atoms with Crippen molar-refractivity contribution in [2.75, 3.05) is 6.54 Å². The molecule has 1 aliphatic rings. The Morgan fingerprint density at radius 2 is 2.15 bits per heavy atom. The second-order valence-electron chi connectivity index (χ2n) is 5.04. The van der Waals surface area contributed by atoms with Crippen molar-refractivity contribution in [1.29, 1.82) is 5.26 Å². The molecule has 1 aromatic rings. The summed E-state index contributed by atoms with van der Waals surface area (Å²) in [4.78, 5) is 11.9. The largest absolute Gasteiger partial charge is 0.304 e. The van der Waals surface area contributed by atoms with E-state index in [0.717, 1.165) is 25.7 Å². The van der Waals surface area contributed by atoms with Gasteiger partial charge in [0.1, 0.15) is 0 Å². The number of benzene rings is 1. The van der Waals surface area contributed by atoms with E-state index in [9.17, 15) is 14.5 Å². The maximum Gasteiger partial charge on any atom is 0.304 e. The van der Waals surface area contributed by atoms with E-state index in [1.807, 2.05) is 4.90 Å². The van der Waals surface area contributed by atoms with Gasteiger partial charge in [-0.25, -0.2) is 0 Å². The molecule has 1 saturated carbocycles. The first-order valence-electron chi connectivity index (χ1n) is 6.65. The summed E-state index contributed by atoms with van der Waals surface area (Å²) < 4.78 is 13.6. The van der Waals surface area contributed by atoms with Crippen molar-refractivity contribution in [3.05, 3.63) is 39.7 Å². The minimum absolute atomic E-state index is 0.295. The van der Waals surface area contributed by atoms with Crippen LogP contribution in [0.25, 0.3) is 0 Å². The molecule has 1 aliphatic carbocycles. The smallest absolute Gasteiger partial charge is 0.283 e. The molecule has 0 saturated heterocycles. The number of hydrogen-bond donors (Lipinski definition) is 0. The Labute approximate surface area is 116 Å². The monoisotopic (exact) mass is 277 g/mol. The number of rotatable bonds is 5. The van der Waals surface area contributed by atoms with Gasteiger partial charge in [0.2, 0.25) is 5.82 Å². The number of nitro groups is 1. The van der Waals surface area contributed by atoms with Crippen molar-refractivity contribution >= 4 is 5.69 Å². The first-order chi connectivity index (χ1) is 9.61. The lowest BCUT2D eigenvalue weighted by Gasteiger charge is -2.26. The Morgan fingerprint density at radius 1 is 1.45 bits per heavy atom. The fourth-order valence-electron chi connectivity index (χ4n) is 2.71. The fraction of sp³-hybridized carbons (Fsp3) is 0.500. The predicted molar refractivity (Wildman–Crippen MR) is 71.3 cm³/mol. The second kappa shape index (κ2) is 6.44. The minimum Gasteiger partial charge on any atom is -0.283 e. The number of halogens is 1. The first-order valence-corrected chi connectivity index (χ1v) is 6.65. The highest BCUT2D eigenvalue weighted by molar-refractivity contribution is 5.35. The highest BCUT2D eigenvalue weighted by atomic mass is 19.1. The van der Waals surface area contributed by atoms with Crippen LogP contribution in [0.15, 0.2) is 18.2 Å². The molecule has 0 spiro atoms. The van der Waals surface area contributed by atoms with Crippen molar-refractivity contribution in [3.63, 3.8) is 0 Å². The lowest BCUT2D eigenvalue weighted by Crippen LogP contribution is -2.33. The van der Waals surface area contributed by atoms with Crippen molar-refractivity contribution in [2.24, 2.45) is 0 Å². The lowest BCUT2D eigenvalue weighted by molar-refractivity contribution is -0.387. The number of nitrogens with zero attached hydrogens (tertiary/aromatic N) is 3. The standard InChI is InChI=1S/C14H16FN3O2/c15-13-9-11(5-6-14(13)18(19)20)10-17(8-7-16)12-3-1-2-4-12/h5-6,9,12H,1-4,8,10H2. The quantitative estimate of drug-likeness (QED) is 0.471. The van der Waals surface area contributed by atoms with Crippen LogP contribution in [-0.4, -0.2) is 22.4 Å². The van der Waals surface area contributed by atoms with Gasteiger partial charge < -0.3 is 0 Å². The first kappa shape index (κ1) is 14.4. The van der Waals surface area contributed by atoms with Gasteiger partial charge in [-0.15, -0.1) is 0 Å². The van der Waals surface area contributed by atoms with Crippen molar-refractivity contribution in [3.8, 4) is 6.07 Å². The molecule has 0 bridgehead atoms. The van der Waals surface area contributed by atoms with Crippen LogP contribution >= 0.6 is 0 Å². The van der Waals surface area contributed by atoms with Gasteiger partial charge in [-0.3, -0.25) is 15.0 Å². The Kier molecular flexibility index (Phi) is 4.64. The van der Waals surface area contributed by atoms with Crippen LogP contribution in [-0.2, 0) is 6.54 Å². The molecule has 0 aliphatic heterocycles. The van der Waals surface area contributed by atoms with Crippen molar-refractivity contribution in [1.82, 2.24) is 4.90 Å². The van der Waals surface area contributed by atoms with Crippen molar-refractivity contribution in [2.45, 2.75) is 38.3 Å². The van der Waals surface area contributed by atoms with Gasteiger partial charge in [0.25, 0.3) is 0 Å². The molecule has 6 heteroatoms. The molecule has 5 nitrogen and oxygen atoms in total. The predicted octanol–water partition coefficient (Wildman–Crippen LogP) is 3.00. The molecule has 0 radical (unpaired) electrons. The van der Waals surface area contributed by atoms with E-state index in [4.69, 9.17) is 5.26 Å². The van der Waals surface area contributed by atoms with E-state index in [1.54, 1.807) is 6.07 Å². The third-order valence-electron chi connectivity index (χ3n) is 3.71. The van der Waals surface area contributed by atoms with Crippen LogP contribution in [0.2, 0.25) is 0 Å². The third kappa shape index (κ3) is 3.31. The average Bonchev–Trinajstić information content (AvgIpc) is 2.91. The number of nitriles is 1. The molecule has 0 aromatic heterocycles. The normalized spacial score (nSPS) is 15.4. The zero-order valence-electron chi connectivity index (χ0n) is 11.1. The Balaban J connectivity index is 2.12. The zero-order valence-corrected chi connectivity index (χ0v) is 11.1. The van der Waals surface area contributed by atoms with Gasteiger partial charge >= 0.3 is 5.69 Å². The van der Waals surface area contributed by atoms with E-state index in [-0.39, 0.29) is 0 Å². The highest BCUT2D eigenvalue weighted by Crippen LogP contribution is 2.25. The van der Waals surface area contributed by atoms with E-state index in [0.29, 0.717) is 24.7 Å². The lowest BCUT2D eigenvalue weighted by atomic mass is 10.1. The van der Waals surface area contributed by atoms with Gasteiger partial charge in [-0.2, -0.15) is 9.65 Å². The number of nitro benzene ring substituents is 1. The van der Waals surface area contributed by atoms with Gasteiger partial charge in [0, 0.05) is 18.7 Å².